The van der Waals surface area contributed by atoms with Gasteiger partial charge >= 0.3 is 0 Å². The largest absolute Gasteiger partial charge is 0.399 e. The second-order valence-corrected chi connectivity index (χ2v) is 6.98. The van der Waals surface area contributed by atoms with Gasteiger partial charge in [-0.05, 0) is 49.2 Å². The number of hydrogen-bond acceptors (Lipinski definition) is 6. The Hall–Kier alpha value is -3.32. The van der Waals surface area contributed by atoms with Crippen molar-refractivity contribution < 1.29 is 4.79 Å². The number of halogens is 1. The molecule has 0 radical (unpaired) electrons. The van der Waals surface area contributed by atoms with Crippen LogP contribution in [0.5, 0.6) is 0 Å². The van der Waals surface area contributed by atoms with Crippen molar-refractivity contribution in [2.45, 2.75) is 12.8 Å². The van der Waals surface area contributed by atoms with E-state index in [4.69, 9.17) is 17.3 Å². The summed E-state index contributed by atoms with van der Waals surface area (Å²) in [5.74, 6) is 0.971. The Bertz CT molecular complexity index is 1000. The minimum absolute atomic E-state index is 0.0359. The minimum atomic E-state index is 0.0359. The van der Waals surface area contributed by atoms with Crippen molar-refractivity contribution in [1.29, 1.82) is 0 Å². The molecule has 28 heavy (non-hydrogen) atoms. The van der Waals surface area contributed by atoms with E-state index in [9.17, 15) is 4.79 Å². The Labute approximate surface area is 167 Å². The first-order valence-electron chi connectivity index (χ1n) is 8.90. The maximum Gasteiger partial charge on any atom is 0.229 e. The number of rotatable bonds is 6. The number of nitrogen functional groups attached to an aromatic ring is 1. The molecule has 0 atom stereocenters. The molecular weight excluding hydrogens is 376 g/mol. The van der Waals surface area contributed by atoms with Gasteiger partial charge in [0.25, 0.3) is 0 Å². The molecule has 4 rings (SSSR count). The third kappa shape index (κ3) is 4.32. The van der Waals surface area contributed by atoms with Crippen LogP contribution in [0.3, 0.4) is 0 Å². The first-order chi connectivity index (χ1) is 13.6. The van der Waals surface area contributed by atoms with Gasteiger partial charge in [0, 0.05) is 17.3 Å². The number of carbonyl (C=O) groups excluding carboxylic acids is 1. The Morgan fingerprint density at radius 3 is 2.46 bits per heavy atom. The molecule has 8 heteroatoms. The zero-order valence-electron chi connectivity index (χ0n) is 14.9. The lowest BCUT2D eigenvalue weighted by Crippen LogP contribution is -2.14. The first kappa shape index (κ1) is 18.1. The van der Waals surface area contributed by atoms with Gasteiger partial charge in [-0.3, -0.25) is 4.79 Å². The van der Waals surface area contributed by atoms with Crippen LogP contribution in [0.2, 0.25) is 5.02 Å². The lowest BCUT2D eigenvalue weighted by molar-refractivity contribution is -0.117. The fourth-order valence-electron chi connectivity index (χ4n) is 2.62. The Morgan fingerprint density at radius 2 is 1.75 bits per heavy atom. The van der Waals surface area contributed by atoms with Crippen LogP contribution >= 0.6 is 11.6 Å². The van der Waals surface area contributed by atoms with Gasteiger partial charge in [-0.15, -0.1) is 0 Å². The Balaban J connectivity index is 1.54. The quantitative estimate of drug-likeness (QED) is 0.457. The molecule has 2 aromatic carbocycles. The van der Waals surface area contributed by atoms with E-state index in [1.165, 1.54) is 6.20 Å². The van der Waals surface area contributed by atoms with Gasteiger partial charge in [-0.1, -0.05) is 23.7 Å². The fraction of sp³-hybridized carbons (Fsp3) is 0.150. The number of nitrogens with one attached hydrogen (secondary N) is 3. The van der Waals surface area contributed by atoms with Crippen LogP contribution < -0.4 is 21.7 Å². The highest BCUT2D eigenvalue weighted by Gasteiger charge is 2.29. The third-order valence-electron chi connectivity index (χ3n) is 4.30. The summed E-state index contributed by atoms with van der Waals surface area (Å²) in [7, 11) is 0. The summed E-state index contributed by atoms with van der Waals surface area (Å²) in [5, 5.41) is 9.61. The maximum atomic E-state index is 12.1. The molecule has 5 N–H and O–H groups in total. The molecule has 1 saturated carbocycles. The predicted octanol–water partition coefficient (Wildman–Crippen LogP) is 4.55. The molecule has 0 saturated heterocycles. The molecule has 1 fully saturated rings. The van der Waals surface area contributed by atoms with Crippen molar-refractivity contribution >= 4 is 52.0 Å². The number of carbonyl (C=O) groups is 1. The van der Waals surface area contributed by atoms with Crippen molar-refractivity contribution in [2.75, 3.05) is 21.7 Å². The van der Waals surface area contributed by atoms with Gasteiger partial charge < -0.3 is 21.7 Å². The van der Waals surface area contributed by atoms with Gasteiger partial charge in [-0.2, -0.15) is 4.98 Å². The van der Waals surface area contributed by atoms with E-state index >= 15 is 0 Å². The number of nitrogens with zero attached hydrogens (tertiary/aromatic N) is 2. The highest BCUT2D eigenvalue weighted by Crippen LogP contribution is 2.33. The van der Waals surface area contributed by atoms with Crippen LogP contribution in [0.25, 0.3) is 0 Å². The molecule has 7 nitrogen and oxygen atoms in total. The van der Waals surface area contributed by atoms with Crippen molar-refractivity contribution in [3.8, 4) is 0 Å². The molecule has 0 unspecified atom stereocenters. The molecule has 1 aliphatic carbocycles. The van der Waals surface area contributed by atoms with Gasteiger partial charge in [0.15, 0.2) is 5.82 Å². The van der Waals surface area contributed by atoms with Crippen LogP contribution in [-0.4, -0.2) is 15.9 Å². The molecule has 142 valence electrons. The van der Waals surface area contributed by atoms with Crippen molar-refractivity contribution in [2.24, 2.45) is 5.92 Å². The van der Waals surface area contributed by atoms with E-state index in [1.807, 2.05) is 36.4 Å². The molecular formula is C20H19ClN6O. The van der Waals surface area contributed by atoms with E-state index in [0.29, 0.717) is 33.9 Å². The molecule has 0 aliphatic heterocycles. The third-order valence-corrected chi connectivity index (χ3v) is 4.57. The lowest BCUT2D eigenvalue weighted by Gasteiger charge is -2.14. The topological polar surface area (TPSA) is 105 Å². The normalized spacial score (nSPS) is 13.0. The smallest absolute Gasteiger partial charge is 0.229 e. The summed E-state index contributed by atoms with van der Waals surface area (Å²) >= 11 is 6.27. The molecule has 3 aromatic rings. The average Bonchev–Trinajstić information content (AvgIpc) is 3.53. The van der Waals surface area contributed by atoms with Crippen LogP contribution in [0.4, 0.5) is 34.5 Å². The van der Waals surface area contributed by atoms with Crippen LogP contribution in [0.15, 0.2) is 54.7 Å². The molecule has 1 amide bonds. The van der Waals surface area contributed by atoms with Gasteiger partial charge in [0.2, 0.25) is 11.9 Å². The summed E-state index contributed by atoms with van der Waals surface area (Å²) in [6.45, 7) is 0. The van der Waals surface area contributed by atoms with Crippen molar-refractivity contribution in [3.05, 3.63) is 59.8 Å². The van der Waals surface area contributed by atoms with Gasteiger partial charge in [0.1, 0.15) is 5.02 Å². The number of amides is 1. The maximum absolute atomic E-state index is 12.1. The zero-order valence-corrected chi connectivity index (χ0v) is 15.7. The summed E-state index contributed by atoms with van der Waals surface area (Å²) in [4.78, 5) is 20.8. The predicted molar refractivity (Wildman–Crippen MR) is 112 cm³/mol. The van der Waals surface area contributed by atoms with Crippen LogP contribution in [0.1, 0.15) is 12.8 Å². The van der Waals surface area contributed by atoms with Crippen molar-refractivity contribution in [3.63, 3.8) is 0 Å². The number of anilines is 6. The molecule has 0 spiro atoms. The summed E-state index contributed by atoms with van der Waals surface area (Å²) in [6, 6.07) is 14.7. The fourth-order valence-corrected chi connectivity index (χ4v) is 2.76. The SMILES string of the molecule is Nc1ccc(Nc2ncc(Cl)c(Nc3ccccc3NC(=O)C3CC3)n2)cc1. The van der Waals surface area contributed by atoms with E-state index in [0.717, 1.165) is 18.5 Å². The van der Waals surface area contributed by atoms with Gasteiger partial charge in [-0.25, -0.2) is 4.98 Å². The highest BCUT2D eigenvalue weighted by molar-refractivity contribution is 6.33. The van der Waals surface area contributed by atoms with Crippen molar-refractivity contribution in [1.82, 2.24) is 9.97 Å². The standard InChI is InChI=1S/C20H19ClN6O/c21-15-11-23-20(24-14-9-7-13(22)8-10-14)27-18(15)25-16-3-1-2-4-17(16)26-19(28)12-5-6-12/h1-4,7-12H,5-6,22H2,(H,26,28)(H2,23,24,25,27). The van der Waals surface area contributed by atoms with E-state index in [2.05, 4.69) is 25.9 Å². The Kier molecular flexibility index (Phi) is 4.99. The zero-order chi connectivity index (χ0) is 19.5. The number of para-hydroxylation sites is 2. The van der Waals surface area contributed by atoms with Gasteiger partial charge in [0.05, 0.1) is 17.6 Å². The summed E-state index contributed by atoms with van der Waals surface area (Å²) in [5.41, 5.74) is 8.57. The van der Waals surface area contributed by atoms with E-state index < -0.39 is 0 Å². The molecule has 1 aliphatic rings. The van der Waals surface area contributed by atoms with Crippen LogP contribution in [-0.2, 0) is 4.79 Å². The highest BCUT2D eigenvalue weighted by atomic mass is 35.5. The Morgan fingerprint density at radius 1 is 1.04 bits per heavy atom. The molecule has 1 aromatic heterocycles. The number of nitrogens with two attached hydrogens (primary N) is 1. The molecule has 1 heterocycles. The van der Waals surface area contributed by atoms with E-state index in [-0.39, 0.29) is 11.8 Å². The average molecular weight is 395 g/mol. The number of aromatic nitrogens is 2. The second kappa shape index (κ2) is 7.74. The second-order valence-electron chi connectivity index (χ2n) is 6.57. The van der Waals surface area contributed by atoms with E-state index in [1.54, 1.807) is 12.1 Å². The molecule has 0 bridgehead atoms. The van der Waals surface area contributed by atoms with Crippen LogP contribution in [0, 0.1) is 5.92 Å². The number of benzene rings is 2. The summed E-state index contributed by atoms with van der Waals surface area (Å²) < 4.78 is 0. The minimum Gasteiger partial charge on any atom is -0.399 e. The first-order valence-corrected chi connectivity index (χ1v) is 9.28. The summed E-state index contributed by atoms with van der Waals surface area (Å²) in [6.07, 6.45) is 3.40. The monoisotopic (exact) mass is 394 g/mol. The number of hydrogen-bond donors (Lipinski definition) is 4. The lowest BCUT2D eigenvalue weighted by atomic mass is 10.2.